The maximum Gasteiger partial charge on any atom is 0.251 e. The molecule has 0 aliphatic carbocycles. The minimum absolute atomic E-state index is 0.120. The fourth-order valence-electron chi connectivity index (χ4n) is 3.91. The molecule has 1 amide bonds. The lowest BCUT2D eigenvalue weighted by Gasteiger charge is -2.35. The van der Waals surface area contributed by atoms with Gasteiger partial charge in [0.25, 0.3) is 5.91 Å². The molecule has 2 saturated heterocycles. The third kappa shape index (κ3) is 3.38. The summed E-state index contributed by atoms with van der Waals surface area (Å²) in [5.41, 5.74) is 2.47. The van der Waals surface area contributed by atoms with Gasteiger partial charge in [0.05, 0.1) is 16.1 Å². The minimum atomic E-state index is -0.275. The number of nitrogens with zero attached hydrogens (tertiary/aromatic N) is 5. The Labute approximate surface area is 171 Å². The Kier molecular flexibility index (Phi) is 4.71. The number of amides is 1. The first-order valence-electron chi connectivity index (χ1n) is 9.87. The fourth-order valence-corrected chi connectivity index (χ4v) is 4.95. The third-order valence-corrected chi connectivity index (χ3v) is 6.73. The van der Waals surface area contributed by atoms with E-state index in [1.165, 1.54) is 12.1 Å². The number of aromatic nitrogens is 3. The van der Waals surface area contributed by atoms with Crippen molar-refractivity contribution in [3.63, 3.8) is 0 Å². The number of hydrogen-bond donors (Lipinski definition) is 0. The van der Waals surface area contributed by atoms with Gasteiger partial charge in [0.15, 0.2) is 10.8 Å². The highest BCUT2D eigenvalue weighted by molar-refractivity contribution is 7.22. The van der Waals surface area contributed by atoms with Crippen LogP contribution < -0.4 is 4.90 Å². The number of halogens is 1. The molecule has 9 heteroatoms. The monoisotopic (exact) mass is 415 g/mol. The van der Waals surface area contributed by atoms with E-state index in [2.05, 4.69) is 10.00 Å². The largest absolute Gasteiger partial charge is 0.368 e. The van der Waals surface area contributed by atoms with Crippen molar-refractivity contribution in [2.24, 2.45) is 0 Å². The summed E-state index contributed by atoms with van der Waals surface area (Å²) in [4.78, 5) is 21.5. The molecule has 0 bridgehead atoms. The summed E-state index contributed by atoms with van der Waals surface area (Å²) in [6, 6.07) is 6.26. The van der Waals surface area contributed by atoms with Crippen LogP contribution in [0.15, 0.2) is 24.3 Å². The van der Waals surface area contributed by atoms with Crippen LogP contribution in [0.4, 0.5) is 9.52 Å². The number of aryl methyl sites for hydroxylation is 1. The number of thiazole rings is 1. The smallest absolute Gasteiger partial charge is 0.251 e. The van der Waals surface area contributed by atoms with E-state index in [4.69, 9.17) is 9.72 Å². The first-order chi connectivity index (χ1) is 14.1. The minimum Gasteiger partial charge on any atom is -0.368 e. The Hall–Kier alpha value is -2.52. The van der Waals surface area contributed by atoms with Crippen molar-refractivity contribution in [1.82, 2.24) is 19.7 Å². The normalized spacial score (nSPS) is 20.0. The molecular weight excluding hydrogens is 393 g/mol. The predicted octanol–water partition coefficient (Wildman–Crippen LogP) is 2.76. The van der Waals surface area contributed by atoms with E-state index in [9.17, 15) is 9.18 Å². The van der Waals surface area contributed by atoms with Gasteiger partial charge in [0.2, 0.25) is 0 Å². The summed E-state index contributed by atoms with van der Waals surface area (Å²) in [5, 5.41) is 5.50. The van der Waals surface area contributed by atoms with Crippen molar-refractivity contribution < 1.29 is 13.9 Å². The van der Waals surface area contributed by atoms with Crippen LogP contribution >= 0.6 is 11.3 Å². The van der Waals surface area contributed by atoms with E-state index >= 15 is 0 Å². The number of rotatable bonds is 3. The van der Waals surface area contributed by atoms with Crippen LogP contribution in [0.2, 0.25) is 0 Å². The zero-order chi connectivity index (χ0) is 20.0. The van der Waals surface area contributed by atoms with Crippen LogP contribution in [-0.2, 0) is 9.53 Å². The Morgan fingerprint density at radius 3 is 2.66 bits per heavy atom. The number of carbonyl (C=O) groups is 1. The Morgan fingerprint density at radius 1 is 1.21 bits per heavy atom. The van der Waals surface area contributed by atoms with Gasteiger partial charge in [-0.05, 0) is 44.0 Å². The molecule has 0 spiro atoms. The third-order valence-electron chi connectivity index (χ3n) is 5.52. The molecule has 1 unspecified atom stereocenters. The SMILES string of the molecule is Cc1nn(-c2ccc(F)cc2)c2nc(N3CCN(C(=O)C4CCCO4)CC3)sc12. The van der Waals surface area contributed by atoms with Gasteiger partial charge in [-0.2, -0.15) is 10.1 Å². The molecule has 5 rings (SSSR count). The molecule has 0 radical (unpaired) electrons. The van der Waals surface area contributed by atoms with E-state index in [-0.39, 0.29) is 17.8 Å². The van der Waals surface area contributed by atoms with Crippen molar-refractivity contribution in [2.45, 2.75) is 25.9 Å². The summed E-state index contributed by atoms with van der Waals surface area (Å²) in [6.07, 6.45) is 1.54. The molecule has 3 aromatic rings. The molecule has 152 valence electrons. The number of ether oxygens (including phenoxy) is 1. The van der Waals surface area contributed by atoms with Gasteiger partial charge < -0.3 is 14.5 Å². The first kappa shape index (κ1) is 18.5. The van der Waals surface area contributed by atoms with Gasteiger partial charge >= 0.3 is 0 Å². The van der Waals surface area contributed by atoms with Crippen molar-refractivity contribution in [2.75, 3.05) is 37.7 Å². The van der Waals surface area contributed by atoms with Crippen molar-refractivity contribution in [3.8, 4) is 5.69 Å². The predicted molar refractivity (Wildman–Crippen MR) is 109 cm³/mol. The highest BCUT2D eigenvalue weighted by Crippen LogP contribution is 2.33. The highest BCUT2D eigenvalue weighted by atomic mass is 32.1. The highest BCUT2D eigenvalue weighted by Gasteiger charge is 2.31. The van der Waals surface area contributed by atoms with Crippen LogP contribution in [-0.4, -0.2) is 64.5 Å². The van der Waals surface area contributed by atoms with Crippen molar-refractivity contribution in [1.29, 1.82) is 0 Å². The van der Waals surface area contributed by atoms with Gasteiger partial charge in [-0.3, -0.25) is 4.79 Å². The van der Waals surface area contributed by atoms with Crippen molar-refractivity contribution >= 4 is 32.7 Å². The summed E-state index contributed by atoms with van der Waals surface area (Å²) in [7, 11) is 0. The van der Waals surface area contributed by atoms with E-state index in [1.54, 1.807) is 28.2 Å². The fraction of sp³-hybridized carbons (Fsp3) is 0.450. The molecule has 2 fully saturated rings. The summed E-state index contributed by atoms with van der Waals surface area (Å²) in [5.74, 6) is -0.155. The second-order valence-corrected chi connectivity index (χ2v) is 8.41. The molecule has 2 aliphatic rings. The van der Waals surface area contributed by atoms with E-state index < -0.39 is 0 Å². The number of carbonyl (C=O) groups excluding carboxylic acids is 1. The summed E-state index contributed by atoms with van der Waals surface area (Å²) in [6.45, 7) is 5.50. The lowest BCUT2D eigenvalue weighted by Crippen LogP contribution is -2.51. The number of hydrogen-bond acceptors (Lipinski definition) is 6. The molecule has 0 N–H and O–H groups in total. The van der Waals surface area contributed by atoms with Crippen LogP contribution in [0, 0.1) is 12.7 Å². The maximum absolute atomic E-state index is 13.3. The lowest BCUT2D eigenvalue weighted by atomic mass is 10.2. The molecule has 1 aromatic carbocycles. The lowest BCUT2D eigenvalue weighted by molar-refractivity contribution is -0.141. The van der Waals surface area contributed by atoms with Crippen LogP contribution in [0.3, 0.4) is 0 Å². The van der Waals surface area contributed by atoms with Gasteiger partial charge in [0, 0.05) is 32.8 Å². The summed E-state index contributed by atoms with van der Waals surface area (Å²) < 4.78 is 21.6. The van der Waals surface area contributed by atoms with Crippen LogP contribution in [0.25, 0.3) is 16.0 Å². The van der Waals surface area contributed by atoms with Crippen molar-refractivity contribution in [3.05, 3.63) is 35.8 Å². The molecule has 0 saturated carbocycles. The van der Waals surface area contributed by atoms with Crippen LogP contribution in [0.1, 0.15) is 18.5 Å². The maximum atomic E-state index is 13.3. The number of benzene rings is 1. The second-order valence-electron chi connectivity index (χ2n) is 7.44. The average molecular weight is 415 g/mol. The molecule has 29 heavy (non-hydrogen) atoms. The van der Waals surface area contributed by atoms with E-state index in [0.717, 1.165) is 52.8 Å². The second kappa shape index (κ2) is 7.38. The standard InChI is InChI=1S/C20H22FN5O2S/c1-13-17-18(26(23-13)15-6-4-14(21)5-7-15)22-20(29-17)25-10-8-24(9-11-25)19(27)16-3-2-12-28-16/h4-7,16H,2-3,8-12H2,1H3. The number of piperazine rings is 1. The summed E-state index contributed by atoms with van der Waals surface area (Å²) >= 11 is 1.61. The van der Waals surface area contributed by atoms with Gasteiger partial charge in [-0.1, -0.05) is 11.3 Å². The average Bonchev–Trinajstić information content (AvgIpc) is 3.47. The quantitative estimate of drug-likeness (QED) is 0.658. The number of anilines is 1. The van der Waals surface area contributed by atoms with E-state index in [0.29, 0.717) is 19.7 Å². The zero-order valence-corrected chi connectivity index (χ0v) is 17.0. The first-order valence-corrected chi connectivity index (χ1v) is 10.7. The zero-order valence-electron chi connectivity index (χ0n) is 16.2. The molecular formula is C20H22FN5O2S. The number of fused-ring (bicyclic) bond motifs is 1. The van der Waals surface area contributed by atoms with Gasteiger partial charge in [-0.15, -0.1) is 0 Å². The molecule has 1 atom stereocenters. The van der Waals surface area contributed by atoms with E-state index in [1.807, 2.05) is 11.8 Å². The topological polar surface area (TPSA) is 63.5 Å². The molecule has 7 nitrogen and oxygen atoms in total. The molecule has 2 aliphatic heterocycles. The Balaban J connectivity index is 1.34. The Morgan fingerprint density at radius 2 is 1.97 bits per heavy atom. The van der Waals surface area contributed by atoms with Gasteiger partial charge in [-0.25, -0.2) is 9.07 Å². The Bertz CT molecular complexity index is 1030. The van der Waals surface area contributed by atoms with Crippen LogP contribution in [0.5, 0.6) is 0 Å². The molecule has 4 heterocycles. The molecule has 2 aromatic heterocycles. The van der Waals surface area contributed by atoms with Gasteiger partial charge in [0.1, 0.15) is 11.9 Å².